The average molecular weight is 701 g/mol. The second kappa shape index (κ2) is 16.2. The lowest BCUT2D eigenvalue weighted by Gasteiger charge is -2.41. The molecule has 0 atom stereocenters. The minimum absolute atomic E-state index is 0.249. The standard InChI is InChI=1S/C44H50N2O2P2/c47-49(41-23-11-3-12-24-41,42-25-13-4-14-26-42)45(39-19-7-1-8-20-39)35-37-31-33-38(34-32-37)36-46(40-21-9-2-10-22-40)50(48,43-27-15-5-16-28-43)44-29-17-6-18-30-44/h3-6,11-18,23-34,39-40H,1-2,7-10,19-22,35-36H2. The summed E-state index contributed by atoms with van der Waals surface area (Å²) in [6.07, 6.45) is 11.4. The second-order valence-corrected chi connectivity index (χ2v) is 19.5. The first-order valence-corrected chi connectivity index (χ1v) is 21.9. The molecule has 2 aliphatic carbocycles. The van der Waals surface area contributed by atoms with Crippen LogP contribution in [-0.2, 0) is 22.2 Å². The van der Waals surface area contributed by atoms with Gasteiger partial charge in [0.15, 0.2) is 0 Å². The average Bonchev–Trinajstić information content (AvgIpc) is 3.21. The van der Waals surface area contributed by atoms with Crippen LogP contribution in [0.25, 0.3) is 0 Å². The summed E-state index contributed by atoms with van der Waals surface area (Å²) in [5, 5.41) is 3.59. The first-order chi connectivity index (χ1) is 24.6. The van der Waals surface area contributed by atoms with Crippen molar-refractivity contribution in [2.45, 2.75) is 89.4 Å². The van der Waals surface area contributed by atoms with Crippen LogP contribution in [0.4, 0.5) is 0 Å². The van der Waals surface area contributed by atoms with Crippen molar-refractivity contribution in [2.75, 3.05) is 0 Å². The normalized spacial score (nSPS) is 16.5. The lowest BCUT2D eigenvalue weighted by Crippen LogP contribution is -2.40. The van der Waals surface area contributed by atoms with E-state index in [9.17, 15) is 0 Å². The van der Waals surface area contributed by atoms with Crippen molar-refractivity contribution in [3.8, 4) is 0 Å². The zero-order chi connectivity index (χ0) is 34.2. The van der Waals surface area contributed by atoms with Gasteiger partial charge in [0, 0.05) is 46.4 Å². The fourth-order valence-corrected chi connectivity index (χ4v) is 14.4. The lowest BCUT2D eigenvalue weighted by molar-refractivity contribution is 0.249. The molecular formula is C44H50N2O2P2. The van der Waals surface area contributed by atoms with Crippen molar-refractivity contribution in [1.29, 1.82) is 0 Å². The molecule has 6 heteroatoms. The van der Waals surface area contributed by atoms with Crippen LogP contribution in [0.1, 0.15) is 75.3 Å². The number of nitrogens with zero attached hydrogens (tertiary/aromatic N) is 2. The molecule has 0 aromatic heterocycles. The van der Waals surface area contributed by atoms with E-state index in [0.717, 1.165) is 58.0 Å². The second-order valence-electron chi connectivity index (χ2n) is 14.1. The van der Waals surface area contributed by atoms with Gasteiger partial charge in [-0.05, 0) is 85.3 Å². The molecule has 4 nitrogen and oxygen atoms in total. The SMILES string of the molecule is O=P(c1ccccc1)(c1ccccc1)N(Cc1ccc(CN(C2CCCCC2)P(=O)(c2ccccc2)c2ccccc2)cc1)C1CCCCC1. The minimum Gasteiger partial charge on any atom is -0.296 e. The fraction of sp³-hybridized carbons (Fsp3) is 0.318. The van der Waals surface area contributed by atoms with Crippen molar-refractivity contribution in [2.24, 2.45) is 0 Å². The Kier molecular flexibility index (Phi) is 11.3. The van der Waals surface area contributed by atoms with E-state index in [4.69, 9.17) is 0 Å². The van der Waals surface area contributed by atoms with Gasteiger partial charge in [-0.1, -0.05) is 136 Å². The van der Waals surface area contributed by atoms with Gasteiger partial charge in [-0.2, -0.15) is 0 Å². The Morgan fingerprint density at radius 3 is 0.900 bits per heavy atom. The van der Waals surface area contributed by atoms with Crippen molar-refractivity contribution < 1.29 is 9.13 Å². The number of hydrogen-bond acceptors (Lipinski definition) is 2. The van der Waals surface area contributed by atoms with Gasteiger partial charge in [-0.25, -0.2) is 9.34 Å². The predicted octanol–water partition coefficient (Wildman–Crippen LogP) is 9.81. The van der Waals surface area contributed by atoms with Crippen LogP contribution in [0, 0.1) is 0 Å². The molecule has 7 rings (SSSR count). The highest BCUT2D eigenvalue weighted by Gasteiger charge is 2.41. The molecule has 2 fully saturated rings. The maximum Gasteiger partial charge on any atom is 0.207 e. The van der Waals surface area contributed by atoms with Gasteiger partial charge >= 0.3 is 0 Å². The van der Waals surface area contributed by atoms with Gasteiger partial charge in [-0.3, -0.25) is 9.13 Å². The highest BCUT2D eigenvalue weighted by Crippen LogP contribution is 2.53. The zero-order valence-electron chi connectivity index (χ0n) is 29.1. The highest BCUT2D eigenvalue weighted by atomic mass is 31.2. The number of rotatable bonds is 12. The molecule has 2 aliphatic rings. The molecule has 0 spiro atoms. The van der Waals surface area contributed by atoms with Crippen molar-refractivity contribution in [3.63, 3.8) is 0 Å². The van der Waals surface area contributed by atoms with E-state index in [1.54, 1.807) is 0 Å². The molecule has 258 valence electrons. The number of benzene rings is 5. The fourth-order valence-electron chi connectivity index (χ4n) is 8.21. The summed E-state index contributed by atoms with van der Waals surface area (Å²) in [6.45, 7) is 1.23. The van der Waals surface area contributed by atoms with Crippen LogP contribution in [-0.4, -0.2) is 21.4 Å². The first kappa shape index (κ1) is 34.9. The van der Waals surface area contributed by atoms with Crippen molar-refractivity contribution >= 4 is 35.8 Å². The third-order valence-corrected chi connectivity index (χ3v) is 17.2. The van der Waals surface area contributed by atoms with Gasteiger partial charge in [0.25, 0.3) is 0 Å². The largest absolute Gasteiger partial charge is 0.296 e. The van der Waals surface area contributed by atoms with Gasteiger partial charge in [-0.15, -0.1) is 0 Å². The molecule has 5 aromatic rings. The molecule has 0 heterocycles. The molecule has 5 aromatic carbocycles. The van der Waals surface area contributed by atoms with Crippen molar-refractivity contribution in [3.05, 3.63) is 157 Å². The molecule has 2 saturated carbocycles. The Bertz CT molecular complexity index is 1650. The number of hydrogen-bond donors (Lipinski definition) is 0. The van der Waals surface area contributed by atoms with E-state index in [2.05, 4.69) is 33.6 Å². The quantitative estimate of drug-likeness (QED) is 0.122. The van der Waals surface area contributed by atoms with E-state index < -0.39 is 14.6 Å². The molecular weight excluding hydrogens is 650 g/mol. The van der Waals surface area contributed by atoms with Crippen LogP contribution >= 0.6 is 14.6 Å². The predicted molar refractivity (Wildman–Crippen MR) is 211 cm³/mol. The molecule has 0 bridgehead atoms. The zero-order valence-corrected chi connectivity index (χ0v) is 30.9. The Morgan fingerprint density at radius 2 is 0.640 bits per heavy atom. The van der Waals surface area contributed by atoms with Gasteiger partial charge < -0.3 is 0 Å². The molecule has 50 heavy (non-hydrogen) atoms. The van der Waals surface area contributed by atoms with Crippen LogP contribution in [0.3, 0.4) is 0 Å². The summed E-state index contributed by atoms with van der Waals surface area (Å²) in [6, 6.07) is 49.9. The van der Waals surface area contributed by atoms with E-state index in [-0.39, 0.29) is 12.1 Å². The van der Waals surface area contributed by atoms with Gasteiger partial charge in [0.2, 0.25) is 14.6 Å². The topological polar surface area (TPSA) is 40.6 Å². The minimum atomic E-state index is -3.12. The van der Waals surface area contributed by atoms with E-state index in [1.165, 1.54) is 38.5 Å². The third kappa shape index (κ3) is 7.42. The Morgan fingerprint density at radius 1 is 0.380 bits per heavy atom. The van der Waals surface area contributed by atoms with Crippen LogP contribution in [0.2, 0.25) is 0 Å². The lowest BCUT2D eigenvalue weighted by atomic mass is 9.95. The Hall–Kier alpha value is -3.52. The van der Waals surface area contributed by atoms with E-state index in [1.807, 2.05) is 121 Å². The summed E-state index contributed by atoms with van der Waals surface area (Å²) in [7, 11) is -6.25. The molecule has 0 amide bonds. The Balaban J connectivity index is 1.23. The maximum absolute atomic E-state index is 15.7. The van der Waals surface area contributed by atoms with Gasteiger partial charge in [0.05, 0.1) is 0 Å². The van der Waals surface area contributed by atoms with Crippen molar-refractivity contribution in [1.82, 2.24) is 9.34 Å². The van der Waals surface area contributed by atoms with Crippen LogP contribution in [0.15, 0.2) is 146 Å². The monoisotopic (exact) mass is 700 g/mol. The third-order valence-electron chi connectivity index (χ3n) is 10.9. The summed E-state index contributed by atoms with van der Waals surface area (Å²) < 4.78 is 36.1. The van der Waals surface area contributed by atoms with E-state index >= 15 is 9.13 Å². The molecule has 0 radical (unpaired) electrons. The summed E-state index contributed by atoms with van der Waals surface area (Å²) in [5.41, 5.74) is 2.31. The summed E-state index contributed by atoms with van der Waals surface area (Å²) in [5.74, 6) is 0. The molecule has 0 N–H and O–H groups in total. The highest BCUT2D eigenvalue weighted by molar-refractivity contribution is 7.77. The first-order valence-electron chi connectivity index (χ1n) is 18.6. The summed E-state index contributed by atoms with van der Waals surface area (Å²) in [4.78, 5) is 0. The molecule has 0 saturated heterocycles. The van der Waals surface area contributed by atoms with Crippen LogP contribution in [0.5, 0.6) is 0 Å². The smallest absolute Gasteiger partial charge is 0.207 e. The molecule has 0 unspecified atom stereocenters. The van der Waals surface area contributed by atoms with Crippen LogP contribution < -0.4 is 21.2 Å². The molecule has 0 aliphatic heterocycles. The maximum atomic E-state index is 15.7. The summed E-state index contributed by atoms with van der Waals surface area (Å²) >= 11 is 0. The van der Waals surface area contributed by atoms with E-state index in [0.29, 0.717) is 13.1 Å². The van der Waals surface area contributed by atoms with Gasteiger partial charge in [0.1, 0.15) is 0 Å². The Labute approximate surface area is 299 Å².